The molecule has 0 spiro atoms. The summed E-state index contributed by atoms with van der Waals surface area (Å²) in [5.74, 6) is -6.25. The number of aliphatic hydroxyl groups excluding tert-OH is 5. The molecule has 19 atom stereocenters. The first-order valence-electron chi connectivity index (χ1n) is 40.4. The highest BCUT2D eigenvalue weighted by atomic mass is 16.6. The molecule has 0 bridgehead atoms. The van der Waals surface area contributed by atoms with Crippen molar-refractivity contribution >= 4 is 65.1 Å². The monoisotopic (exact) mass is 1620 g/mol. The van der Waals surface area contributed by atoms with Gasteiger partial charge in [-0.1, -0.05) is 129 Å². The number of methoxy groups -OCH3 is 2. The van der Waals surface area contributed by atoms with E-state index in [2.05, 4.69) is 47.5 Å². The van der Waals surface area contributed by atoms with E-state index in [0.29, 0.717) is 79.7 Å². The molecule has 644 valence electrons. The summed E-state index contributed by atoms with van der Waals surface area (Å²) >= 11 is 0. The van der Waals surface area contributed by atoms with E-state index < -0.39 is 181 Å². The lowest BCUT2D eigenvalue weighted by Crippen LogP contribution is -2.60. The van der Waals surface area contributed by atoms with Crippen molar-refractivity contribution in [1.82, 2.24) is 61.6 Å². The van der Waals surface area contributed by atoms with E-state index >= 15 is 0 Å². The van der Waals surface area contributed by atoms with Crippen LogP contribution >= 0.6 is 0 Å². The largest absolute Gasteiger partial charge is 0.445 e. The predicted octanol–water partition coefficient (Wildman–Crippen LogP) is 2.64. The quantitative estimate of drug-likeness (QED) is 0.0362. The molecule has 11 amide bonds. The van der Waals surface area contributed by atoms with Gasteiger partial charge in [0.2, 0.25) is 47.3 Å². The Labute approximate surface area is 674 Å². The molecule has 6 rings (SSSR count). The van der Waals surface area contributed by atoms with Gasteiger partial charge in [-0.15, -0.1) is 5.10 Å². The molecule has 35 heteroatoms. The molecule has 16 N–H and O–H groups in total. The maximum Gasteiger partial charge on any atom is 0.410 e. The number of carbonyl (C=O) groups excluding carboxylic acids is 10. The first-order chi connectivity index (χ1) is 54.6. The minimum Gasteiger partial charge on any atom is -0.445 e. The average molecular weight is 1620 g/mol. The minimum atomic E-state index is -1.61. The molecule has 3 aromatic rings. The van der Waals surface area contributed by atoms with E-state index in [9.17, 15) is 73.5 Å². The number of hydrogen-bond acceptors (Lipinski definition) is 23. The number of fused-ring (bicyclic) bond motifs is 1. The van der Waals surface area contributed by atoms with Crippen LogP contribution in [0.4, 0.5) is 15.3 Å². The fourth-order valence-corrected chi connectivity index (χ4v) is 15.2. The summed E-state index contributed by atoms with van der Waals surface area (Å²) < 4.78 is 30.9. The zero-order valence-electron chi connectivity index (χ0n) is 69.2. The van der Waals surface area contributed by atoms with Gasteiger partial charge in [0, 0.05) is 53.6 Å². The van der Waals surface area contributed by atoms with Crippen molar-refractivity contribution in [2.75, 3.05) is 66.5 Å². The van der Waals surface area contributed by atoms with Gasteiger partial charge < -0.3 is 108 Å². The minimum absolute atomic E-state index is 0.0320. The molecule has 35 nitrogen and oxygen atoms in total. The number of likely N-dealkylation sites (tertiary alicyclic amines) is 1. The third-order valence-corrected chi connectivity index (χ3v) is 22.1. The van der Waals surface area contributed by atoms with E-state index in [1.54, 1.807) is 109 Å². The number of ether oxygens (including phenoxy) is 5. The van der Waals surface area contributed by atoms with Crippen LogP contribution in [0.3, 0.4) is 0 Å². The number of carbonyl (C=O) groups is 10. The first kappa shape index (κ1) is 95.3. The number of nitrogens with zero attached hydrogens (tertiary/aromatic N) is 6. The van der Waals surface area contributed by atoms with Crippen LogP contribution < -0.4 is 48.7 Å². The number of likely N-dealkylation sites (N-methyl/N-ethyl adjacent to an activating group) is 2. The highest BCUT2D eigenvalue weighted by Gasteiger charge is 2.48. The van der Waals surface area contributed by atoms with Crippen molar-refractivity contribution < 1.29 is 97.2 Å². The number of nitrogens with one attached hydrogen (secondary N) is 7. The van der Waals surface area contributed by atoms with E-state index in [0.717, 1.165) is 24.2 Å². The number of unbranched alkanes of at least 4 members (excludes halogenated alkanes) is 1. The molecule has 1 unspecified atom stereocenters. The predicted molar refractivity (Wildman–Crippen MR) is 424 cm³/mol. The molecule has 3 heterocycles. The summed E-state index contributed by atoms with van der Waals surface area (Å²) in [6, 6.07) is 7.29. The fraction of sp³-hybridized carbons (Fsp3) is 0.700. The van der Waals surface area contributed by atoms with Gasteiger partial charge in [0.25, 0.3) is 0 Å². The summed E-state index contributed by atoms with van der Waals surface area (Å²) in [4.78, 5) is 142. The van der Waals surface area contributed by atoms with Crippen LogP contribution in [0, 0.1) is 29.6 Å². The van der Waals surface area contributed by atoms with Crippen molar-refractivity contribution in [2.24, 2.45) is 41.1 Å². The smallest absolute Gasteiger partial charge is 0.410 e. The van der Waals surface area contributed by atoms with E-state index in [1.165, 1.54) is 25.9 Å². The zero-order chi connectivity index (χ0) is 85.1. The van der Waals surface area contributed by atoms with Crippen molar-refractivity contribution in [2.45, 2.75) is 269 Å². The SMILES string of the molecule is CC[C@H](C)[C@@H]([C@@H](CC(=O)N1CCC[C@H]1[C@H](OC)[C@@H](C)C(=O)N[C@H](C)[C@@H](O)c1ccccc1)OC)N(C)C(=O)[C@@H](NC(=O)[C@H](C(C)C)N(C)C(=O)OCc1ccc(NC(=O)[C@H](CCCNC(N)=O)NC(=O)[C@@H](NC(=O)[C@H](N)CCCCNC(=O)COC2CCCCCc3c2nnn3[C@@H]2O[C@H](CO)[C@H](O)[C@H](O)[C@H]2O)C(C)C)cc1)C(C)C. The second-order valence-corrected chi connectivity index (χ2v) is 31.7. The molecule has 2 fully saturated rings. The third kappa shape index (κ3) is 26.8. The van der Waals surface area contributed by atoms with E-state index in [4.69, 9.17) is 35.2 Å². The molecule has 1 aromatic heterocycles. The second kappa shape index (κ2) is 46.4. The maximum atomic E-state index is 14.9. The Hall–Kier alpha value is -8.52. The number of anilines is 1. The number of nitrogens with two attached hydrogens (primary N) is 2. The van der Waals surface area contributed by atoms with Gasteiger partial charge in [-0.3, -0.25) is 43.3 Å². The van der Waals surface area contributed by atoms with E-state index in [-0.39, 0.29) is 69.7 Å². The molecule has 1 aliphatic carbocycles. The number of primary amides is 1. The number of aromatic nitrogens is 3. The Morgan fingerprint density at radius 1 is 0.704 bits per heavy atom. The molecule has 0 saturated carbocycles. The van der Waals surface area contributed by atoms with Crippen LogP contribution in [0.15, 0.2) is 54.6 Å². The number of amides is 11. The summed E-state index contributed by atoms with van der Waals surface area (Å²) in [5, 5.41) is 80.2. The van der Waals surface area contributed by atoms with Crippen LogP contribution in [-0.2, 0) is 75.1 Å². The van der Waals surface area contributed by atoms with Gasteiger partial charge in [0.05, 0.1) is 67.1 Å². The van der Waals surface area contributed by atoms with Crippen molar-refractivity contribution in [3.63, 3.8) is 0 Å². The van der Waals surface area contributed by atoms with Crippen LogP contribution in [0.5, 0.6) is 0 Å². The van der Waals surface area contributed by atoms with Crippen LogP contribution in [-0.4, -0.2) is 261 Å². The first-order valence-corrected chi connectivity index (χ1v) is 40.4. The summed E-state index contributed by atoms with van der Waals surface area (Å²) in [6.45, 7) is 17.5. The number of benzene rings is 2. The van der Waals surface area contributed by atoms with Gasteiger partial charge >= 0.3 is 12.1 Å². The Balaban J connectivity index is 0.987. The van der Waals surface area contributed by atoms with Gasteiger partial charge in [0.15, 0.2) is 6.23 Å². The highest BCUT2D eigenvalue weighted by Crippen LogP contribution is 2.36. The number of aliphatic hydroxyl groups is 5. The van der Waals surface area contributed by atoms with Crippen molar-refractivity contribution in [3.05, 3.63) is 77.1 Å². The Kier molecular flexibility index (Phi) is 38.5. The summed E-state index contributed by atoms with van der Waals surface area (Å²) in [6.07, 6.45) is -4.64. The van der Waals surface area contributed by atoms with Crippen LogP contribution in [0.2, 0.25) is 0 Å². The second-order valence-electron chi connectivity index (χ2n) is 31.7. The zero-order valence-corrected chi connectivity index (χ0v) is 69.2. The molecule has 2 saturated heterocycles. The summed E-state index contributed by atoms with van der Waals surface area (Å²) in [7, 11) is 6.05. The maximum absolute atomic E-state index is 14.9. The lowest BCUT2D eigenvalue weighted by molar-refractivity contribution is -0.254. The standard InChI is InChI=1S/C80H129N15O20/c1-15-47(8)66(58(111-13)40-61(98)94-39-25-31-56(94)71(112-14)48(9)72(103)85-49(10)67(99)51-26-18-16-19-27-51)92(11)77(108)63(45(4)5)89-76(107)65(46(6)7)93(12)80(110)114-42-50-33-35-52(36-34-50)86-74(105)54(29-24-38-84-79(82)109)87-75(106)62(44(2)3)88-73(104)53(81)28-22-23-37-83-60(97)43-113-57-32-21-17-20-30-55-64(57)90-91-95(55)78-70(102)69(101)68(100)59(41-96)115-78/h16,18-19,26-27,33-36,44-49,53-54,56-59,62-63,65-71,78,96,99-102H,15,17,20-25,28-32,37-43,81H2,1-14H3,(H,83,97)(H,85,103)(H,86,105)(H,87,106)(H,88,104)(H,89,107)(H3,82,84,109)/t47-,48+,49+,53+,54-,56-,57?,58+,59+,62-,63-,65-,66-,67+,68-,69-,70+,71+,78+/m0/s1. The van der Waals surface area contributed by atoms with Gasteiger partial charge in [0.1, 0.15) is 73.6 Å². The summed E-state index contributed by atoms with van der Waals surface area (Å²) in [5.41, 5.74) is 14.1. The van der Waals surface area contributed by atoms with Crippen molar-refractivity contribution in [3.8, 4) is 0 Å². The lowest BCUT2D eigenvalue weighted by Gasteiger charge is -2.41. The molecule has 3 aliphatic rings. The Morgan fingerprint density at radius 3 is 2.00 bits per heavy atom. The van der Waals surface area contributed by atoms with Crippen molar-refractivity contribution in [1.29, 1.82) is 0 Å². The van der Waals surface area contributed by atoms with Gasteiger partial charge in [-0.25, -0.2) is 14.3 Å². The van der Waals surface area contributed by atoms with Crippen LogP contribution in [0.25, 0.3) is 0 Å². The average Bonchev–Trinajstić information content (AvgIpc) is 1.65. The number of hydrogen-bond donors (Lipinski definition) is 14. The third-order valence-electron chi connectivity index (χ3n) is 22.1. The molecule has 0 radical (unpaired) electrons. The normalized spacial score (nSPS) is 21.5. The Morgan fingerprint density at radius 2 is 1.37 bits per heavy atom. The van der Waals surface area contributed by atoms with Crippen LogP contribution in [0.1, 0.15) is 194 Å². The number of rotatable bonds is 43. The topological polar surface area (TPSA) is 495 Å². The molecule has 2 aromatic carbocycles. The van der Waals surface area contributed by atoms with Gasteiger partial charge in [-0.05, 0) is 118 Å². The number of urea groups is 1. The highest BCUT2D eigenvalue weighted by molar-refractivity contribution is 5.99. The Bertz CT molecular complexity index is 3610. The molecular formula is C80H129N15O20. The molecule has 115 heavy (non-hydrogen) atoms. The van der Waals surface area contributed by atoms with Gasteiger partial charge in [-0.2, -0.15) is 0 Å². The molecule has 2 aliphatic heterocycles. The molecular weight excluding hydrogens is 1490 g/mol. The lowest BCUT2D eigenvalue weighted by atomic mass is 9.89. The van der Waals surface area contributed by atoms with E-state index in [1.807, 2.05) is 32.0 Å². The fourth-order valence-electron chi connectivity index (χ4n) is 15.2.